The Labute approximate surface area is 123 Å². The van der Waals surface area contributed by atoms with E-state index in [0.29, 0.717) is 12.0 Å². The van der Waals surface area contributed by atoms with Crippen LogP contribution in [0.3, 0.4) is 0 Å². The summed E-state index contributed by atoms with van der Waals surface area (Å²) >= 11 is 0. The fourth-order valence-electron chi connectivity index (χ4n) is 3.41. The maximum absolute atomic E-state index is 12.7. The van der Waals surface area contributed by atoms with Gasteiger partial charge in [-0.15, -0.1) is 0 Å². The molecule has 5 heteroatoms. The third kappa shape index (κ3) is 1.70. The Hall–Kier alpha value is -2.30. The van der Waals surface area contributed by atoms with Crippen molar-refractivity contribution in [2.24, 2.45) is 11.1 Å². The van der Waals surface area contributed by atoms with Crippen LogP contribution in [-0.4, -0.2) is 21.7 Å². The molecule has 1 heterocycles. The quantitative estimate of drug-likeness (QED) is 0.737. The Balaban J connectivity index is 2.07. The second-order valence-corrected chi connectivity index (χ2v) is 6.13. The first kappa shape index (κ1) is 13.7. The van der Waals surface area contributed by atoms with Crippen molar-refractivity contribution in [3.63, 3.8) is 0 Å². The van der Waals surface area contributed by atoms with Gasteiger partial charge < -0.3 is 10.8 Å². The predicted octanol–water partition coefficient (Wildman–Crippen LogP) is 2.07. The molecule has 3 rings (SSSR count). The number of phenols is 1. The van der Waals surface area contributed by atoms with Crippen LogP contribution in [0.15, 0.2) is 30.0 Å². The summed E-state index contributed by atoms with van der Waals surface area (Å²) < 4.78 is 0. The van der Waals surface area contributed by atoms with Gasteiger partial charge in [0.25, 0.3) is 0 Å². The number of phenolic OH excluding ortho intramolecular Hbond substituents is 1. The summed E-state index contributed by atoms with van der Waals surface area (Å²) in [6.07, 6.45) is 2.79. The molecule has 0 bridgehead atoms. The zero-order chi connectivity index (χ0) is 15.4. The highest BCUT2D eigenvalue weighted by Crippen LogP contribution is 2.46. The van der Waals surface area contributed by atoms with E-state index in [1.54, 1.807) is 26.0 Å². The van der Waals surface area contributed by atoms with Gasteiger partial charge in [-0.1, -0.05) is 12.1 Å². The number of amides is 1. The summed E-state index contributed by atoms with van der Waals surface area (Å²) in [5.74, 6) is 0.334. The minimum atomic E-state index is -0.772. The van der Waals surface area contributed by atoms with Crippen LogP contribution >= 0.6 is 0 Å². The summed E-state index contributed by atoms with van der Waals surface area (Å²) in [6.45, 7) is 3.59. The molecule has 1 aromatic rings. The molecule has 4 N–H and O–H groups in total. The Bertz CT molecular complexity index is 676. The fraction of sp³-hybridized carbons (Fsp3) is 0.375. The number of nitrogens with one attached hydrogen (secondary N) is 1. The fourth-order valence-corrected chi connectivity index (χ4v) is 3.41. The van der Waals surface area contributed by atoms with Crippen molar-refractivity contribution in [1.29, 1.82) is 5.41 Å². The van der Waals surface area contributed by atoms with Crippen LogP contribution in [0.2, 0.25) is 0 Å². The molecule has 0 aromatic heterocycles. The van der Waals surface area contributed by atoms with Gasteiger partial charge in [-0.2, -0.15) is 0 Å². The van der Waals surface area contributed by atoms with Crippen molar-refractivity contribution in [3.05, 3.63) is 41.1 Å². The first-order chi connectivity index (χ1) is 9.89. The van der Waals surface area contributed by atoms with Crippen LogP contribution in [0.1, 0.15) is 37.4 Å². The number of aromatic hydroxyl groups is 1. The van der Waals surface area contributed by atoms with E-state index in [0.717, 1.165) is 17.5 Å². The molecule has 0 saturated carbocycles. The lowest BCUT2D eigenvalue weighted by atomic mass is 9.87. The first-order valence-electron chi connectivity index (χ1n) is 7.05. The van der Waals surface area contributed by atoms with Gasteiger partial charge in [0.15, 0.2) is 0 Å². The zero-order valence-electron chi connectivity index (χ0n) is 12.2. The predicted molar refractivity (Wildman–Crippen MR) is 79.8 cm³/mol. The normalized spacial score (nSPS) is 25.7. The number of amidine groups is 1. The average Bonchev–Trinajstić information content (AvgIpc) is 2.91. The second kappa shape index (κ2) is 4.35. The maximum Gasteiger partial charge on any atom is 0.239 e. The molecule has 1 atom stereocenters. The van der Waals surface area contributed by atoms with Gasteiger partial charge in [0.2, 0.25) is 5.91 Å². The molecule has 1 fully saturated rings. The van der Waals surface area contributed by atoms with Gasteiger partial charge in [0, 0.05) is 11.8 Å². The molecule has 5 nitrogen and oxygen atoms in total. The Morgan fingerprint density at radius 3 is 2.81 bits per heavy atom. The lowest BCUT2D eigenvalue weighted by Crippen LogP contribution is -2.35. The molecule has 1 amide bonds. The van der Waals surface area contributed by atoms with E-state index in [-0.39, 0.29) is 23.5 Å². The van der Waals surface area contributed by atoms with Gasteiger partial charge in [0.1, 0.15) is 11.6 Å². The molecule has 1 aromatic carbocycles. The molecule has 21 heavy (non-hydrogen) atoms. The molecule has 1 unspecified atom stereocenters. The van der Waals surface area contributed by atoms with E-state index in [2.05, 4.69) is 0 Å². The number of likely N-dealkylation sites (tertiary alicyclic amines) is 1. The molecule has 0 radical (unpaired) electrons. The van der Waals surface area contributed by atoms with Gasteiger partial charge in [0.05, 0.1) is 11.5 Å². The highest BCUT2D eigenvalue weighted by molar-refractivity contribution is 6.18. The summed E-state index contributed by atoms with van der Waals surface area (Å²) in [6, 6.07) is 5.17. The van der Waals surface area contributed by atoms with Crippen LogP contribution in [0.25, 0.3) is 0 Å². The van der Waals surface area contributed by atoms with Crippen LogP contribution in [-0.2, 0) is 11.2 Å². The third-order valence-corrected chi connectivity index (χ3v) is 4.62. The Morgan fingerprint density at radius 2 is 2.19 bits per heavy atom. The number of carbonyl (C=O) groups excluding carboxylic acids is 1. The number of carbonyl (C=O) groups is 1. The number of rotatable bonds is 1. The molecule has 0 spiro atoms. The third-order valence-electron chi connectivity index (χ3n) is 4.62. The van der Waals surface area contributed by atoms with E-state index >= 15 is 0 Å². The summed E-state index contributed by atoms with van der Waals surface area (Å²) in [4.78, 5) is 14.2. The second-order valence-electron chi connectivity index (χ2n) is 6.13. The van der Waals surface area contributed by atoms with Gasteiger partial charge >= 0.3 is 0 Å². The number of fused-ring (bicyclic) bond motifs is 1. The number of benzene rings is 1. The van der Waals surface area contributed by atoms with Gasteiger partial charge in [-0.25, -0.2) is 0 Å². The molecular formula is C16H19N3O2. The van der Waals surface area contributed by atoms with Crippen molar-refractivity contribution >= 4 is 11.7 Å². The van der Waals surface area contributed by atoms with E-state index in [9.17, 15) is 9.90 Å². The first-order valence-corrected chi connectivity index (χ1v) is 7.05. The Kier molecular flexibility index (Phi) is 2.83. The van der Waals surface area contributed by atoms with Crippen molar-refractivity contribution in [1.82, 2.24) is 4.90 Å². The number of nitrogens with zero attached hydrogens (tertiary/aromatic N) is 1. The zero-order valence-corrected chi connectivity index (χ0v) is 12.2. The highest BCUT2D eigenvalue weighted by atomic mass is 16.3. The van der Waals surface area contributed by atoms with E-state index in [1.807, 2.05) is 6.07 Å². The molecular weight excluding hydrogens is 266 g/mol. The van der Waals surface area contributed by atoms with Crippen molar-refractivity contribution < 1.29 is 9.90 Å². The summed E-state index contributed by atoms with van der Waals surface area (Å²) in [5, 5.41) is 18.2. The lowest BCUT2D eigenvalue weighted by molar-refractivity contribution is -0.133. The smallest absolute Gasteiger partial charge is 0.239 e. The van der Waals surface area contributed by atoms with Crippen LogP contribution in [0, 0.1) is 10.8 Å². The molecule has 1 saturated heterocycles. The van der Waals surface area contributed by atoms with Crippen LogP contribution in [0.5, 0.6) is 5.75 Å². The van der Waals surface area contributed by atoms with Crippen molar-refractivity contribution in [3.8, 4) is 5.75 Å². The number of nitrogens with two attached hydrogens (primary N) is 1. The van der Waals surface area contributed by atoms with E-state index < -0.39 is 5.41 Å². The van der Waals surface area contributed by atoms with Crippen molar-refractivity contribution in [2.75, 3.05) is 0 Å². The van der Waals surface area contributed by atoms with Gasteiger partial charge in [-0.3, -0.25) is 15.1 Å². The molecule has 1 aliphatic carbocycles. The number of hydrogen-bond donors (Lipinski definition) is 3. The molecule has 2 aliphatic rings. The summed E-state index contributed by atoms with van der Waals surface area (Å²) in [5.41, 5.74) is 7.22. The summed E-state index contributed by atoms with van der Waals surface area (Å²) in [7, 11) is 0. The standard InChI is InChI=1S/C16H19N3O2/c1-16(2)11(8-17)14(18)19(15(16)21)12-7-6-10-9(12)4-3-5-13(10)20/h3-5,8,12,18,20H,6-7,17H2,1-2H3/b11-8+,18-14?. The van der Waals surface area contributed by atoms with Crippen LogP contribution in [0.4, 0.5) is 0 Å². The molecule has 1 aliphatic heterocycles. The van der Waals surface area contributed by atoms with Crippen LogP contribution < -0.4 is 5.73 Å². The monoisotopic (exact) mass is 285 g/mol. The minimum Gasteiger partial charge on any atom is -0.508 e. The minimum absolute atomic E-state index is 0.106. The average molecular weight is 285 g/mol. The van der Waals surface area contributed by atoms with Gasteiger partial charge in [-0.05, 0) is 43.9 Å². The maximum atomic E-state index is 12.7. The highest BCUT2D eigenvalue weighted by Gasteiger charge is 2.50. The largest absolute Gasteiger partial charge is 0.508 e. The SMILES string of the molecule is CC1(C)C(=O)N(C2CCc3c(O)cccc32)C(=N)/C1=C\N. The van der Waals surface area contributed by atoms with Crippen molar-refractivity contribution in [2.45, 2.75) is 32.7 Å². The van der Waals surface area contributed by atoms with E-state index in [1.165, 1.54) is 11.1 Å². The number of hydrogen-bond acceptors (Lipinski definition) is 4. The molecule has 110 valence electrons. The topological polar surface area (TPSA) is 90.4 Å². The Morgan fingerprint density at radius 1 is 1.48 bits per heavy atom. The van der Waals surface area contributed by atoms with E-state index in [4.69, 9.17) is 11.1 Å². The lowest BCUT2D eigenvalue weighted by Gasteiger charge is -2.25.